The van der Waals surface area contributed by atoms with Crippen LogP contribution in [0.4, 0.5) is 16.2 Å². The lowest BCUT2D eigenvalue weighted by molar-refractivity contribution is 0.209. The first-order valence-electron chi connectivity index (χ1n) is 5.36. The Kier molecular flexibility index (Phi) is 3.18. The smallest absolute Gasteiger partial charge is 0.409 e. The van der Waals surface area contributed by atoms with Crippen LogP contribution in [-0.4, -0.2) is 23.4 Å². The van der Waals surface area contributed by atoms with E-state index in [4.69, 9.17) is 9.63 Å². The Morgan fingerprint density at radius 3 is 2.56 bits per heavy atom. The molecule has 0 spiro atoms. The summed E-state index contributed by atoms with van der Waals surface area (Å²) in [6.45, 7) is 1.68. The first-order valence-corrected chi connectivity index (χ1v) is 5.36. The third kappa shape index (κ3) is 2.27. The fraction of sp³-hybridized carbons (Fsp3) is 0.167. The maximum absolute atomic E-state index is 10.7. The Morgan fingerprint density at radius 1 is 1.33 bits per heavy atom. The van der Waals surface area contributed by atoms with Crippen molar-refractivity contribution in [3.05, 3.63) is 30.0 Å². The average Bonchev–Trinajstić information content (AvgIpc) is 2.71. The molecule has 6 heteroatoms. The van der Waals surface area contributed by atoms with Crippen LogP contribution in [0.15, 0.2) is 28.8 Å². The van der Waals surface area contributed by atoms with Gasteiger partial charge in [-0.05, 0) is 31.2 Å². The molecule has 18 heavy (non-hydrogen) atoms. The lowest BCUT2D eigenvalue weighted by atomic mass is 10.1. The number of rotatable bonds is 3. The fourth-order valence-electron chi connectivity index (χ4n) is 1.61. The summed E-state index contributed by atoms with van der Waals surface area (Å²) in [5.41, 5.74) is 2.60. The maximum atomic E-state index is 10.7. The average molecular weight is 247 g/mol. The summed E-state index contributed by atoms with van der Waals surface area (Å²) >= 11 is 0. The molecule has 1 heterocycles. The highest BCUT2D eigenvalue weighted by Gasteiger charge is 2.16. The van der Waals surface area contributed by atoms with Crippen molar-refractivity contribution in [3.63, 3.8) is 0 Å². The van der Waals surface area contributed by atoms with Crippen LogP contribution < -0.4 is 10.6 Å². The molecule has 0 aliphatic carbocycles. The molecule has 94 valence electrons. The van der Waals surface area contributed by atoms with Gasteiger partial charge in [-0.2, -0.15) is 0 Å². The van der Waals surface area contributed by atoms with Crippen LogP contribution in [0, 0.1) is 6.92 Å². The summed E-state index contributed by atoms with van der Waals surface area (Å²) in [6, 6.07) is 7.41. The van der Waals surface area contributed by atoms with E-state index < -0.39 is 6.09 Å². The maximum Gasteiger partial charge on any atom is 0.409 e. The Balaban J connectivity index is 2.40. The molecule has 1 aromatic heterocycles. The normalized spacial score (nSPS) is 10.1. The molecule has 1 aromatic carbocycles. The minimum absolute atomic E-state index is 0.375. The Bertz CT molecular complexity index is 560. The van der Waals surface area contributed by atoms with E-state index in [0.29, 0.717) is 17.1 Å². The monoisotopic (exact) mass is 247 g/mol. The van der Waals surface area contributed by atoms with Crippen molar-refractivity contribution in [2.75, 3.05) is 17.7 Å². The van der Waals surface area contributed by atoms with Crippen LogP contribution in [0.3, 0.4) is 0 Å². The summed E-state index contributed by atoms with van der Waals surface area (Å²) in [6.07, 6.45) is -1.14. The van der Waals surface area contributed by atoms with E-state index >= 15 is 0 Å². The van der Waals surface area contributed by atoms with Gasteiger partial charge in [0.1, 0.15) is 11.4 Å². The van der Waals surface area contributed by atoms with E-state index in [1.54, 1.807) is 6.92 Å². The summed E-state index contributed by atoms with van der Waals surface area (Å²) in [5, 5.41) is 17.8. The topological polar surface area (TPSA) is 87.4 Å². The lowest BCUT2D eigenvalue weighted by Gasteiger charge is -2.03. The Hall–Kier alpha value is -2.50. The first kappa shape index (κ1) is 12.0. The molecule has 0 aliphatic heterocycles. The molecule has 0 unspecified atom stereocenters. The molecule has 2 aromatic rings. The zero-order valence-corrected chi connectivity index (χ0v) is 10.0. The molecule has 0 aliphatic rings. The van der Waals surface area contributed by atoms with E-state index in [2.05, 4.69) is 15.8 Å². The van der Waals surface area contributed by atoms with Gasteiger partial charge in [-0.15, -0.1) is 0 Å². The van der Waals surface area contributed by atoms with Crippen LogP contribution in [0.2, 0.25) is 0 Å². The van der Waals surface area contributed by atoms with E-state index in [1.807, 2.05) is 31.3 Å². The molecule has 0 saturated carbocycles. The molecule has 0 saturated heterocycles. The number of aryl methyl sites for hydroxylation is 1. The molecule has 3 N–H and O–H groups in total. The SMILES string of the molecule is CNc1ccc(-c2onc(C)c2NC(=O)O)cc1. The molecule has 0 bridgehead atoms. The van der Waals surface area contributed by atoms with Gasteiger partial charge in [0.2, 0.25) is 0 Å². The Labute approximate surface area is 104 Å². The molecular weight excluding hydrogens is 234 g/mol. The molecule has 0 fully saturated rings. The van der Waals surface area contributed by atoms with E-state index in [9.17, 15) is 4.79 Å². The van der Waals surface area contributed by atoms with Crippen LogP contribution in [0.5, 0.6) is 0 Å². The van der Waals surface area contributed by atoms with Crippen LogP contribution in [0.1, 0.15) is 5.69 Å². The third-order valence-corrected chi connectivity index (χ3v) is 2.53. The van der Waals surface area contributed by atoms with Crippen molar-refractivity contribution in [2.24, 2.45) is 0 Å². The highest BCUT2D eigenvalue weighted by Crippen LogP contribution is 2.31. The van der Waals surface area contributed by atoms with Crippen molar-refractivity contribution >= 4 is 17.5 Å². The second-order valence-electron chi connectivity index (χ2n) is 3.73. The van der Waals surface area contributed by atoms with Gasteiger partial charge in [-0.3, -0.25) is 5.32 Å². The van der Waals surface area contributed by atoms with Crippen LogP contribution >= 0.6 is 0 Å². The van der Waals surface area contributed by atoms with Gasteiger partial charge in [0, 0.05) is 18.3 Å². The second-order valence-corrected chi connectivity index (χ2v) is 3.73. The Morgan fingerprint density at radius 2 is 2.00 bits per heavy atom. The first-order chi connectivity index (χ1) is 8.61. The largest absolute Gasteiger partial charge is 0.465 e. The third-order valence-electron chi connectivity index (χ3n) is 2.53. The van der Waals surface area contributed by atoms with Gasteiger partial charge >= 0.3 is 6.09 Å². The van der Waals surface area contributed by atoms with Gasteiger partial charge < -0.3 is 14.9 Å². The summed E-state index contributed by atoms with van der Waals surface area (Å²) < 4.78 is 5.16. The summed E-state index contributed by atoms with van der Waals surface area (Å²) in [4.78, 5) is 10.7. The number of hydrogen-bond donors (Lipinski definition) is 3. The number of nitrogens with zero attached hydrogens (tertiary/aromatic N) is 1. The highest BCUT2D eigenvalue weighted by atomic mass is 16.5. The zero-order chi connectivity index (χ0) is 13.1. The van der Waals surface area contributed by atoms with Crippen molar-refractivity contribution in [1.82, 2.24) is 5.16 Å². The van der Waals surface area contributed by atoms with E-state index in [-0.39, 0.29) is 0 Å². The van der Waals surface area contributed by atoms with Crippen molar-refractivity contribution < 1.29 is 14.4 Å². The van der Waals surface area contributed by atoms with Crippen molar-refractivity contribution in [2.45, 2.75) is 6.92 Å². The van der Waals surface area contributed by atoms with Crippen molar-refractivity contribution in [3.8, 4) is 11.3 Å². The van der Waals surface area contributed by atoms with Gasteiger partial charge in [0.25, 0.3) is 0 Å². The molecule has 0 radical (unpaired) electrons. The van der Waals surface area contributed by atoms with Crippen molar-refractivity contribution in [1.29, 1.82) is 0 Å². The summed E-state index contributed by atoms with van der Waals surface area (Å²) in [7, 11) is 1.82. The molecular formula is C12H13N3O3. The lowest BCUT2D eigenvalue weighted by Crippen LogP contribution is -2.08. The number of carboxylic acid groups (broad SMARTS) is 1. The number of carbonyl (C=O) groups is 1. The number of benzene rings is 1. The molecule has 2 rings (SSSR count). The number of hydrogen-bond acceptors (Lipinski definition) is 4. The molecule has 0 atom stereocenters. The minimum atomic E-state index is -1.14. The predicted molar refractivity (Wildman–Crippen MR) is 67.9 cm³/mol. The van der Waals surface area contributed by atoms with Gasteiger partial charge in [-0.1, -0.05) is 5.16 Å². The quantitative estimate of drug-likeness (QED) is 0.776. The van der Waals surface area contributed by atoms with Gasteiger partial charge in [0.05, 0.1) is 0 Å². The highest BCUT2D eigenvalue weighted by molar-refractivity contribution is 5.89. The number of amides is 1. The second kappa shape index (κ2) is 4.79. The summed E-state index contributed by atoms with van der Waals surface area (Å²) in [5.74, 6) is 0.414. The fourth-order valence-corrected chi connectivity index (χ4v) is 1.61. The van der Waals surface area contributed by atoms with Gasteiger partial charge in [-0.25, -0.2) is 4.79 Å². The number of nitrogens with one attached hydrogen (secondary N) is 2. The predicted octanol–water partition coefficient (Wildman–Crippen LogP) is 2.78. The minimum Gasteiger partial charge on any atom is -0.465 e. The van der Waals surface area contributed by atoms with Crippen LogP contribution in [0.25, 0.3) is 11.3 Å². The van der Waals surface area contributed by atoms with E-state index in [1.165, 1.54) is 0 Å². The van der Waals surface area contributed by atoms with E-state index in [0.717, 1.165) is 11.3 Å². The molecule has 1 amide bonds. The standard InChI is InChI=1S/C12H13N3O3/c1-7-10(14-12(16)17)11(18-15-7)8-3-5-9(13-2)6-4-8/h3-6,13-14H,1-2H3,(H,16,17). The zero-order valence-electron chi connectivity index (χ0n) is 10.0. The number of anilines is 2. The van der Waals surface area contributed by atoms with Crippen LogP contribution in [-0.2, 0) is 0 Å². The van der Waals surface area contributed by atoms with Gasteiger partial charge in [0.15, 0.2) is 5.76 Å². The number of aromatic nitrogens is 1. The molecule has 6 nitrogen and oxygen atoms in total.